The minimum atomic E-state index is -3.44. The zero-order valence-electron chi connectivity index (χ0n) is 20.9. The lowest BCUT2D eigenvalue weighted by Crippen LogP contribution is -2.55. The Morgan fingerprint density at radius 2 is 1.73 bits per heavy atom. The second kappa shape index (κ2) is 9.84. The van der Waals surface area contributed by atoms with E-state index >= 15 is 0 Å². The maximum atomic E-state index is 13.7. The molecular weight excluding hydrogens is 506 g/mol. The molecule has 3 saturated heterocycles. The number of rotatable bonds is 8. The number of nitrogens with zero attached hydrogens (tertiary/aromatic N) is 2. The van der Waals surface area contributed by atoms with Crippen LogP contribution in [0.25, 0.3) is 0 Å². The Bertz CT molecular complexity index is 1080. The lowest BCUT2D eigenvalue weighted by atomic mass is 9.81. The first-order valence-corrected chi connectivity index (χ1v) is 15.2. The van der Waals surface area contributed by atoms with Gasteiger partial charge in [-0.3, -0.25) is 4.79 Å². The summed E-state index contributed by atoms with van der Waals surface area (Å²) in [7, 11) is -3.44. The van der Waals surface area contributed by atoms with Crippen molar-refractivity contribution in [2.75, 3.05) is 19.8 Å². The van der Waals surface area contributed by atoms with Crippen molar-refractivity contribution < 1.29 is 31.3 Å². The van der Waals surface area contributed by atoms with Gasteiger partial charge in [0, 0.05) is 43.1 Å². The lowest BCUT2D eigenvalue weighted by molar-refractivity contribution is -0.109. The first kappa shape index (κ1) is 25.6. The molecule has 206 valence electrons. The highest BCUT2D eigenvalue weighted by Gasteiger charge is 2.50. The first-order valence-electron chi connectivity index (χ1n) is 13.7. The Balaban J connectivity index is 0.996. The fraction of sp³-hybridized carbons (Fsp3) is 0.840. The Morgan fingerprint density at radius 1 is 1.05 bits per heavy atom. The highest BCUT2D eigenvalue weighted by atomic mass is 32.2. The van der Waals surface area contributed by atoms with E-state index in [-0.39, 0.29) is 60.4 Å². The van der Waals surface area contributed by atoms with Gasteiger partial charge in [-0.05, 0) is 63.8 Å². The maximum Gasteiger partial charge on any atom is 0.273 e. The zero-order valence-corrected chi connectivity index (χ0v) is 21.7. The van der Waals surface area contributed by atoms with Crippen molar-refractivity contribution in [3.8, 4) is 0 Å². The van der Waals surface area contributed by atoms with Gasteiger partial charge in [-0.2, -0.15) is 4.31 Å². The summed E-state index contributed by atoms with van der Waals surface area (Å²) in [4.78, 5) is 12.8. The molecule has 37 heavy (non-hydrogen) atoms. The van der Waals surface area contributed by atoms with Gasteiger partial charge in [-0.1, -0.05) is 5.16 Å². The predicted molar refractivity (Wildman–Crippen MR) is 130 cm³/mol. The number of carbonyl (C=O) groups excluding carboxylic acids is 1. The molecule has 12 heteroatoms. The van der Waals surface area contributed by atoms with E-state index in [1.54, 1.807) is 10.4 Å². The number of fused-ring (bicyclic) bond motifs is 2. The largest absolute Gasteiger partial charge is 0.380 e. The van der Waals surface area contributed by atoms with Crippen LogP contribution < -0.4 is 10.6 Å². The molecular formula is C25H36F2N4O5S. The van der Waals surface area contributed by atoms with E-state index in [1.807, 2.05) is 0 Å². The van der Waals surface area contributed by atoms with E-state index in [4.69, 9.17) is 9.26 Å². The van der Waals surface area contributed by atoms with Gasteiger partial charge in [-0.25, -0.2) is 17.2 Å². The summed E-state index contributed by atoms with van der Waals surface area (Å²) in [5, 5.41) is 9.96. The van der Waals surface area contributed by atoms with Gasteiger partial charge in [0.1, 0.15) is 5.76 Å². The Kier molecular flexibility index (Phi) is 6.82. The molecule has 5 aliphatic rings. The van der Waals surface area contributed by atoms with Crippen molar-refractivity contribution in [3.05, 3.63) is 17.5 Å². The van der Waals surface area contributed by atoms with E-state index < -0.39 is 21.2 Å². The molecule has 9 nitrogen and oxygen atoms in total. The number of piperidine rings is 1. The number of halogens is 2. The van der Waals surface area contributed by atoms with Crippen LogP contribution in [0, 0.1) is 5.92 Å². The van der Waals surface area contributed by atoms with Crippen molar-refractivity contribution in [3.63, 3.8) is 0 Å². The number of amides is 1. The van der Waals surface area contributed by atoms with Crippen LogP contribution in [-0.4, -0.2) is 78.9 Å². The smallest absolute Gasteiger partial charge is 0.273 e. The standard InChI is InChI=1S/C25H36F2N4O5S/c26-25(27)10-15(11-25)12-28-17-1-5-21(6-2-17)37(33,34)31-19-3-4-20(31)8-18(7-19)29-24(32)22-9-23(36-30-22)16-13-35-14-16/h9,15-21,28H,1-8,10-14H2,(H,29,32)/t17?,18?,19-,20+,21?. The van der Waals surface area contributed by atoms with Gasteiger partial charge in [0.05, 0.1) is 24.4 Å². The van der Waals surface area contributed by atoms with Gasteiger partial charge in [0.25, 0.3) is 5.91 Å². The molecule has 0 radical (unpaired) electrons. The van der Waals surface area contributed by atoms with E-state index in [9.17, 15) is 22.0 Å². The molecule has 2 N–H and O–H groups in total. The lowest BCUT2D eigenvalue weighted by Gasteiger charge is -2.41. The third kappa shape index (κ3) is 5.18. The number of sulfonamides is 1. The fourth-order valence-corrected chi connectivity index (χ4v) is 9.34. The highest BCUT2D eigenvalue weighted by molar-refractivity contribution is 7.89. The Hall–Kier alpha value is -1.63. The fourth-order valence-electron chi connectivity index (χ4n) is 6.91. The summed E-state index contributed by atoms with van der Waals surface area (Å²) < 4.78 is 65.6. The van der Waals surface area contributed by atoms with Crippen LogP contribution in [-0.2, 0) is 14.8 Å². The van der Waals surface area contributed by atoms with Gasteiger partial charge in [0.2, 0.25) is 15.9 Å². The number of hydrogen-bond acceptors (Lipinski definition) is 7. The molecule has 0 spiro atoms. The monoisotopic (exact) mass is 542 g/mol. The number of alkyl halides is 2. The Morgan fingerprint density at radius 3 is 2.32 bits per heavy atom. The number of carbonyl (C=O) groups is 1. The summed E-state index contributed by atoms with van der Waals surface area (Å²) >= 11 is 0. The second-order valence-electron chi connectivity index (χ2n) is 11.8. The number of nitrogens with one attached hydrogen (secondary N) is 2. The average Bonchev–Trinajstić information content (AvgIpc) is 3.39. The molecule has 1 aromatic rings. The van der Waals surface area contributed by atoms with E-state index in [0.29, 0.717) is 51.2 Å². The summed E-state index contributed by atoms with van der Waals surface area (Å²) in [6.45, 7) is 1.74. The third-order valence-electron chi connectivity index (χ3n) is 9.06. The maximum absolute atomic E-state index is 13.7. The van der Waals surface area contributed by atoms with Gasteiger partial charge >= 0.3 is 0 Å². The van der Waals surface area contributed by atoms with Crippen molar-refractivity contribution in [2.45, 2.75) is 105 Å². The van der Waals surface area contributed by atoms with Gasteiger partial charge in [-0.15, -0.1) is 0 Å². The van der Waals surface area contributed by atoms with Gasteiger partial charge < -0.3 is 19.9 Å². The van der Waals surface area contributed by atoms with Crippen LogP contribution in [0.4, 0.5) is 8.78 Å². The number of ether oxygens (including phenoxy) is 1. The van der Waals surface area contributed by atoms with E-state index in [2.05, 4.69) is 15.8 Å². The first-order chi connectivity index (χ1) is 17.7. The molecule has 4 heterocycles. The van der Waals surface area contributed by atoms with Crippen LogP contribution in [0.1, 0.15) is 86.4 Å². The molecule has 5 fully saturated rings. The minimum absolute atomic E-state index is 0.0255. The number of aromatic nitrogens is 1. The topological polar surface area (TPSA) is 114 Å². The average molecular weight is 543 g/mol. The molecule has 2 bridgehead atoms. The molecule has 1 unspecified atom stereocenters. The third-order valence-corrected chi connectivity index (χ3v) is 11.6. The number of hydrogen-bond donors (Lipinski definition) is 2. The SMILES string of the molecule is O=C(NC1C[C@H]2CC[C@@H](C1)N2S(=O)(=O)C1CCC(NCC2CC(F)(F)C2)CC1)c1cc(C2COC2)on1. The van der Waals surface area contributed by atoms with Crippen molar-refractivity contribution >= 4 is 15.9 Å². The zero-order chi connectivity index (χ0) is 25.8. The Labute approximate surface area is 216 Å². The molecule has 2 aliphatic carbocycles. The molecule has 0 aromatic carbocycles. The molecule has 3 aliphatic heterocycles. The molecule has 3 atom stereocenters. The summed E-state index contributed by atoms with van der Waals surface area (Å²) in [5.41, 5.74) is 0.251. The van der Waals surface area contributed by atoms with Gasteiger partial charge in [0.15, 0.2) is 5.69 Å². The molecule has 1 amide bonds. The normalized spacial score (nSPS) is 34.6. The van der Waals surface area contributed by atoms with Crippen LogP contribution in [0.2, 0.25) is 0 Å². The summed E-state index contributed by atoms with van der Waals surface area (Å²) in [6.07, 6.45) is 5.44. The second-order valence-corrected chi connectivity index (χ2v) is 13.9. The minimum Gasteiger partial charge on any atom is -0.380 e. The van der Waals surface area contributed by atoms with Crippen molar-refractivity contribution in [2.24, 2.45) is 5.92 Å². The van der Waals surface area contributed by atoms with E-state index in [1.165, 1.54) is 0 Å². The van der Waals surface area contributed by atoms with Crippen LogP contribution in [0.15, 0.2) is 10.6 Å². The summed E-state index contributed by atoms with van der Waals surface area (Å²) in [5.74, 6) is -1.95. The molecule has 2 saturated carbocycles. The highest BCUT2D eigenvalue weighted by Crippen LogP contribution is 2.43. The van der Waals surface area contributed by atoms with Crippen LogP contribution in [0.5, 0.6) is 0 Å². The predicted octanol–water partition coefficient (Wildman–Crippen LogP) is 2.79. The molecule has 6 rings (SSSR count). The van der Waals surface area contributed by atoms with Crippen molar-refractivity contribution in [1.29, 1.82) is 0 Å². The molecule has 1 aromatic heterocycles. The van der Waals surface area contributed by atoms with Crippen LogP contribution in [0.3, 0.4) is 0 Å². The summed E-state index contributed by atoms with van der Waals surface area (Å²) in [6, 6.07) is 1.59. The van der Waals surface area contributed by atoms with Crippen LogP contribution >= 0.6 is 0 Å². The quantitative estimate of drug-likeness (QED) is 0.519. The van der Waals surface area contributed by atoms with E-state index in [0.717, 1.165) is 25.7 Å². The van der Waals surface area contributed by atoms with Crippen molar-refractivity contribution in [1.82, 2.24) is 20.1 Å².